The van der Waals surface area contributed by atoms with Gasteiger partial charge in [0, 0.05) is 25.7 Å². The van der Waals surface area contributed by atoms with Crippen molar-refractivity contribution < 1.29 is 41.9 Å². The van der Waals surface area contributed by atoms with Crippen LogP contribution in [0.5, 0.6) is 0 Å². The molecule has 0 radical (unpaired) electrons. The van der Waals surface area contributed by atoms with Crippen molar-refractivity contribution in [2.75, 3.05) is 39.3 Å². The molecule has 0 unspecified atom stereocenters. The summed E-state index contributed by atoms with van der Waals surface area (Å²) in [7, 11) is 0. The van der Waals surface area contributed by atoms with Crippen LogP contribution < -0.4 is 22.1 Å². The van der Waals surface area contributed by atoms with E-state index in [2.05, 4.69) is 40.3 Å². The number of aliphatic carboxylic acids is 2. The highest BCUT2D eigenvalue weighted by Crippen LogP contribution is 2.27. The predicted octanol–water partition coefficient (Wildman–Crippen LogP) is -0.498. The lowest BCUT2D eigenvalue weighted by atomic mass is 9.82. The van der Waals surface area contributed by atoms with Crippen molar-refractivity contribution in [3.8, 4) is 0 Å². The molecular formula is C32H48N4O4+4. The molecule has 0 spiro atoms. The molecule has 0 bridgehead atoms. The fourth-order valence-electron chi connectivity index (χ4n) is 5.34. The molecule has 3 aromatic rings. The van der Waals surface area contributed by atoms with Gasteiger partial charge in [-0.3, -0.25) is 9.59 Å². The van der Waals surface area contributed by atoms with Gasteiger partial charge in [0.15, 0.2) is 0 Å². The Balaban J connectivity index is 1.83. The molecule has 0 aromatic heterocycles. The Bertz CT molecular complexity index is 1220. The van der Waals surface area contributed by atoms with Crippen molar-refractivity contribution in [2.45, 2.75) is 38.5 Å². The zero-order valence-corrected chi connectivity index (χ0v) is 23.7. The van der Waals surface area contributed by atoms with E-state index in [1.165, 1.54) is 11.1 Å². The normalized spacial score (nSPS) is 12.8. The number of carboxylic acids is 2. The number of benzene rings is 3. The maximum absolute atomic E-state index is 12.3. The number of rotatable bonds is 19. The summed E-state index contributed by atoms with van der Waals surface area (Å²) in [5.74, 6) is -4.19. The van der Waals surface area contributed by atoms with Crippen molar-refractivity contribution >= 4 is 22.7 Å². The van der Waals surface area contributed by atoms with Gasteiger partial charge in [-0.05, 0) is 45.9 Å². The van der Waals surface area contributed by atoms with Crippen LogP contribution in [0, 0.1) is 11.8 Å². The van der Waals surface area contributed by atoms with Crippen LogP contribution in [-0.2, 0) is 35.3 Å². The highest BCUT2D eigenvalue weighted by atomic mass is 16.4. The number of fused-ring (bicyclic) bond motifs is 1. The van der Waals surface area contributed by atoms with E-state index in [1.807, 2.05) is 42.5 Å². The highest BCUT2D eigenvalue weighted by molar-refractivity contribution is 5.85. The molecule has 40 heavy (non-hydrogen) atoms. The van der Waals surface area contributed by atoms with E-state index in [1.54, 1.807) is 0 Å². The smallest absolute Gasteiger partial charge is 0.307 e. The molecule has 0 aliphatic carbocycles. The van der Waals surface area contributed by atoms with E-state index in [-0.39, 0.29) is 12.8 Å². The standard InChI is InChI=1S/C32H44N4O4/c33-12-4-14-35-16-10-26-21-25-9-8-24(18-28(25)22-27(26)11-17-36-15-5-13-34)20-30(32(39)40)29(31(37)38)19-23-6-2-1-3-7-23/h1-3,6-9,18,21-22,29-30,35-36H,4-5,10-17,19-20,33-34H2,(H,37,38)(H,39,40)/p+4/t29-,30-/m0/s1. The molecule has 12 N–H and O–H groups in total. The summed E-state index contributed by atoms with van der Waals surface area (Å²) in [6.07, 6.45) is 4.57. The number of nitrogens with two attached hydrogens (primary N) is 2. The minimum Gasteiger partial charge on any atom is -0.481 e. The molecule has 2 atom stereocenters. The third kappa shape index (κ3) is 9.71. The maximum Gasteiger partial charge on any atom is 0.307 e. The van der Waals surface area contributed by atoms with E-state index in [9.17, 15) is 19.8 Å². The largest absolute Gasteiger partial charge is 0.481 e. The first-order valence-corrected chi connectivity index (χ1v) is 14.7. The number of carbonyl (C=O) groups is 2. The van der Waals surface area contributed by atoms with Crippen molar-refractivity contribution in [1.82, 2.24) is 0 Å². The quantitative estimate of drug-likeness (QED) is 0.111. The molecule has 8 nitrogen and oxygen atoms in total. The van der Waals surface area contributed by atoms with Crippen molar-refractivity contribution in [3.63, 3.8) is 0 Å². The van der Waals surface area contributed by atoms with E-state index >= 15 is 0 Å². The molecule has 3 rings (SSSR count). The number of hydrogen-bond donors (Lipinski definition) is 6. The molecule has 0 aliphatic rings. The van der Waals surface area contributed by atoms with Gasteiger partial charge in [0.2, 0.25) is 0 Å². The Morgan fingerprint density at radius 3 is 1.70 bits per heavy atom. The van der Waals surface area contributed by atoms with Gasteiger partial charge >= 0.3 is 11.9 Å². The molecule has 0 amide bonds. The van der Waals surface area contributed by atoms with Crippen molar-refractivity contribution in [1.29, 1.82) is 0 Å². The summed E-state index contributed by atoms with van der Waals surface area (Å²) in [5, 5.41) is 26.9. The Labute approximate surface area is 237 Å². The first-order valence-electron chi connectivity index (χ1n) is 14.7. The van der Waals surface area contributed by atoms with E-state index in [0.717, 1.165) is 86.9 Å². The fraction of sp³-hybridized carbons (Fsp3) is 0.438. The molecule has 0 saturated carbocycles. The third-order valence-electron chi connectivity index (χ3n) is 7.65. The molecule has 8 heteroatoms. The third-order valence-corrected chi connectivity index (χ3v) is 7.65. The molecule has 3 aromatic carbocycles. The fourth-order valence-corrected chi connectivity index (χ4v) is 5.34. The van der Waals surface area contributed by atoms with E-state index in [4.69, 9.17) is 0 Å². The summed E-state index contributed by atoms with van der Waals surface area (Å²) >= 11 is 0. The highest BCUT2D eigenvalue weighted by Gasteiger charge is 2.34. The zero-order chi connectivity index (χ0) is 28.7. The van der Waals surface area contributed by atoms with Crippen LogP contribution in [0.2, 0.25) is 0 Å². The summed E-state index contributed by atoms with van der Waals surface area (Å²) in [5.41, 5.74) is 12.2. The average Bonchev–Trinajstić information content (AvgIpc) is 2.95. The summed E-state index contributed by atoms with van der Waals surface area (Å²) in [4.78, 5) is 24.5. The molecule has 0 saturated heterocycles. The minimum absolute atomic E-state index is 0.173. The molecule has 0 heterocycles. The van der Waals surface area contributed by atoms with Gasteiger partial charge in [-0.2, -0.15) is 0 Å². The first kappa shape index (κ1) is 31.2. The van der Waals surface area contributed by atoms with Crippen molar-refractivity contribution in [3.05, 3.63) is 82.9 Å². The van der Waals surface area contributed by atoms with E-state index in [0.29, 0.717) is 0 Å². The second-order valence-electron chi connectivity index (χ2n) is 10.7. The minimum atomic E-state index is -1.08. The second-order valence-corrected chi connectivity index (χ2v) is 10.7. The van der Waals surface area contributed by atoms with Crippen LogP contribution >= 0.6 is 0 Å². The SMILES string of the molecule is [NH3+]CCC[NH2+]CCc1cc2ccc(C[C@H](C(=O)O)[C@H](Cc3ccccc3)C(=O)O)cc2cc1CC[NH2+]CCC[NH3+]. The van der Waals surface area contributed by atoms with Gasteiger partial charge in [-0.1, -0.05) is 60.7 Å². The molecular weight excluding hydrogens is 504 g/mol. The molecule has 0 aliphatic heterocycles. The Hall–Kier alpha value is -3.30. The molecule has 0 fully saturated rings. The number of carboxylic acid groups (broad SMARTS) is 2. The van der Waals surface area contributed by atoms with Gasteiger partial charge in [0.1, 0.15) is 0 Å². The summed E-state index contributed by atoms with van der Waals surface area (Å²) in [6, 6.07) is 19.8. The average molecular weight is 553 g/mol. The van der Waals surface area contributed by atoms with Crippen LogP contribution in [0.1, 0.15) is 35.1 Å². The van der Waals surface area contributed by atoms with Gasteiger partial charge in [-0.15, -0.1) is 0 Å². The lowest BCUT2D eigenvalue weighted by molar-refractivity contribution is -0.657. The summed E-state index contributed by atoms with van der Waals surface area (Å²) < 4.78 is 0. The van der Waals surface area contributed by atoms with Crippen LogP contribution in [0.3, 0.4) is 0 Å². The maximum atomic E-state index is 12.3. The lowest BCUT2D eigenvalue weighted by Gasteiger charge is -2.21. The van der Waals surface area contributed by atoms with Gasteiger partial charge in [0.05, 0.1) is 51.1 Å². The number of hydrogen-bond acceptors (Lipinski definition) is 2. The lowest BCUT2D eigenvalue weighted by Crippen LogP contribution is -2.85. The van der Waals surface area contributed by atoms with Gasteiger partial charge in [-0.25, -0.2) is 0 Å². The molecule has 216 valence electrons. The predicted molar refractivity (Wildman–Crippen MR) is 156 cm³/mol. The van der Waals surface area contributed by atoms with Crippen LogP contribution in [-0.4, -0.2) is 61.4 Å². The first-order chi connectivity index (χ1) is 19.4. The van der Waals surface area contributed by atoms with E-state index < -0.39 is 23.8 Å². The zero-order valence-electron chi connectivity index (χ0n) is 23.7. The monoisotopic (exact) mass is 552 g/mol. The van der Waals surface area contributed by atoms with Crippen LogP contribution in [0.25, 0.3) is 10.8 Å². The van der Waals surface area contributed by atoms with Gasteiger partial charge in [0.25, 0.3) is 0 Å². The Morgan fingerprint density at radius 2 is 1.18 bits per heavy atom. The topological polar surface area (TPSA) is 163 Å². The summed E-state index contributed by atoms with van der Waals surface area (Å²) in [6.45, 7) is 6.16. The Morgan fingerprint density at radius 1 is 0.650 bits per heavy atom. The van der Waals surface area contributed by atoms with Crippen LogP contribution in [0.15, 0.2) is 60.7 Å². The second kappa shape index (κ2) is 16.7. The number of quaternary nitrogens is 4. The Kier molecular flexibility index (Phi) is 13.1. The van der Waals surface area contributed by atoms with Crippen molar-refractivity contribution in [2.24, 2.45) is 11.8 Å². The van der Waals surface area contributed by atoms with Crippen LogP contribution in [0.4, 0.5) is 0 Å². The van der Waals surface area contributed by atoms with Gasteiger partial charge < -0.3 is 32.3 Å².